The lowest BCUT2D eigenvalue weighted by molar-refractivity contribution is -0.153. The van der Waals surface area contributed by atoms with E-state index in [-0.39, 0.29) is 38.3 Å². The number of carbonyl (C=O) groups excluding carboxylic acids is 1. The fourth-order valence-electron chi connectivity index (χ4n) is 2.53. The minimum atomic E-state index is -4.22. The molecule has 2 rings (SSSR count). The zero-order valence-electron chi connectivity index (χ0n) is 13.2. The Morgan fingerprint density at radius 1 is 1.48 bits per heavy atom. The fraction of sp³-hybridized carbons (Fsp3) is 0.714. The summed E-state index contributed by atoms with van der Waals surface area (Å²) in [5, 5.41) is 6.53. The minimum Gasteiger partial charge on any atom is -0.359 e. The van der Waals surface area contributed by atoms with Crippen molar-refractivity contribution in [1.29, 1.82) is 0 Å². The maximum atomic E-state index is 12.5. The molecule has 0 bridgehead atoms. The van der Waals surface area contributed by atoms with Crippen LogP contribution in [0.15, 0.2) is 10.6 Å². The summed E-state index contributed by atoms with van der Waals surface area (Å²) < 4.78 is 42.4. The lowest BCUT2D eigenvalue weighted by Gasteiger charge is -2.39. The maximum absolute atomic E-state index is 12.5. The van der Waals surface area contributed by atoms with Crippen LogP contribution in [-0.4, -0.2) is 59.4 Å². The Kier molecular flexibility index (Phi) is 5.51. The highest BCUT2D eigenvalue weighted by molar-refractivity contribution is 5.74. The van der Waals surface area contributed by atoms with Gasteiger partial charge in [0, 0.05) is 31.7 Å². The van der Waals surface area contributed by atoms with Crippen molar-refractivity contribution in [3.8, 4) is 0 Å². The zero-order chi connectivity index (χ0) is 17.0. The smallest absolute Gasteiger partial charge is 0.359 e. The van der Waals surface area contributed by atoms with Gasteiger partial charge in [-0.25, -0.2) is 4.79 Å². The summed E-state index contributed by atoms with van der Waals surface area (Å²) in [6.45, 7) is 3.64. The van der Waals surface area contributed by atoms with Gasteiger partial charge in [-0.3, -0.25) is 4.90 Å². The molecule has 1 aromatic heterocycles. The molecule has 1 aromatic rings. The van der Waals surface area contributed by atoms with Gasteiger partial charge < -0.3 is 14.7 Å². The summed E-state index contributed by atoms with van der Waals surface area (Å²) in [4.78, 5) is 15.0. The van der Waals surface area contributed by atoms with E-state index in [4.69, 9.17) is 4.52 Å². The van der Waals surface area contributed by atoms with Crippen LogP contribution in [-0.2, 0) is 13.0 Å². The van der Waals surface area contributed by atoms with Gasteiger partial charge in [0.2, 0.25) is 0 Å². The Balaban J connectivity index is 1.80. The molecule has 2 amide bonds. The molecule has 1 saturated heterocycles. The summed E-state index contributed by atoms with van der Waals surface area (Å²) in [7, 11) is 0. The van der Waals surface area contributed by atoms with Gasteiger partial charge in [-0.05, 0) is 13.3 Å². The Labute approximate surface area is 132 Å². The van der Waals surface area contributed by atoms with Crippen LogP contribution in [0.5, 0.6) is 0 Å². The van der Waals surface area contributed by atoms with Crippen molar-refractivity contribution in [2.75, 3.05) is 26.2 Å². The number of amides is 2. The number of alkyl halides is 3. The predicted octanol–water partition coefficient (Wildman–Crippen LogP) is 2.02. The molecule has 0 radical (unpaired) electrons. The molecule has 130 valence electrons. The van der Waals surface area contributed by atoms with E-state index < -0.39 is 12.7 Å². The van der Waals surface area contributed by atoms with E-state index in [0.717, 1.165) is 12.1 Å². The summed E-state index contributed by atoms with van der Waals surface area (Å²) in [5.74, 6) is 0.555. The first-order chi connectivity index (χ1) is 10.8. The third-order valence-electron chi connectivity index (χ3n) is 3.82. The summed E-state index contributed by atoms with van der Waals surface area (Å²) >= 11 is 0. The topological polar surface area (TPSA) is 61.6 Å². The van der Waals surface area contributed by atoms with Gasteiger partial charge in [0.1, 0.15) is 0 Å². The quantitative estimate of drug-likeness (QED) is 0.915. The van der Waals surface area contributed by atoms with Crippen molar-refractivity contribution in [1.82, 2.24) is 20.3 Å². The normalized spacial score (nSPS) is 19.9. The SMILES string of the molecule is CCc1cc(CNC(=O)N2CCN(CC(F)(F)F)[C@@H](C)C2)on1. The number of nitrogens with one attached hydrogen (secondary N) is 1. The van der Waals surface area contributed by atoms with Crippen molar-refractivity contribution < 1.29 is 22.5 Å². The molecule has 0 saturated carbocycles. The van der Waals surface area contributed by atoms with Crippen LogP contribution in [0.2, 0.25) is 0 Å². The number of rotatable bonds is 4. The van der Waals surface area contributed by atoms with Crippen LogP contribution in [0.1, 0.15) is 25.3 Å². The summed E-state index contributed by atoms with van der Waals surface area (Å²) in [6, 6.07) is 1.12. The zero-order valence-corrected chi connectivity index (χ0v) is 13.2. The van der Waals surface area contributed by atoms with Gasteiger partial charge in [0.25, 0.3) is 0 Å². The number of urea groups is 1. The van der Waals surface area contributed by atoms with Crippen molar-refractivity contribution in [2.45, 2.75) is 39.0 Å². The Hall–Kier alpha value is -1.77. The van der Waals surface area contributed by atoms with Crippen molar-refractivity contribution in [3.63, 3.8) is 0 Å². The molecule has 23 heavy (non-hydrogen) atoms. The van der Waals surface area contributed by atoms with Crippen LogP contribution in [0.3, 0.4) is 0 Å². The van der Waals surface area contributed by atoms with E-state index in [1.54, 1.807) is 13.0 Å². The number of hydrogen-bond acceptors (Lipinski definition) is 4. The van der Waals surface area contributed by atoms with Crippen molar-refractivity contribution >= 4 is 6.03 Å². The van der Waals surface area contributed by atoms with Crippen LogP contribution >= 0.6 is 0 Å². The van der Waals surface area contributed by atoms with Gasteiger partial charge in [-0.1, -0.05) is 12.1 Å². The van der Waals surface area contributed by atoms with Crippen molar-refractivity contribution in [2.24, 2.45) is 0 Å². The molecule has 1 fully saturated rings. The molecule has 1 N–H and O–H groups in total. The summed E-state index contributed by atoms with van der Waals surface area (Å²) in [6.07, 6.45) is -3.47. The van der Waals surface area contributed by atoms with Crippen LogP contribution in [0.4, 0.5) is 18.0 Å². The van der Waals surface area contributed by atoms with E-state index in [1.807, 2.05) is 6.92 Å². The Morgan fingerprint density at radius 3 is 2.78 bits per heavy atom. The van der Waals surface area contributed by atoms with Gasteiger partial charge >= 0.3 is 12.2 Å². The lowest BCUT2D eigenvalue weighted by atomic mass is 10.2. The van der Waals surface area contributed by atoms with E-state index in [9.17, 15) is 18.0 Å². The Bertz CT molecular complexity index is 532. The van der Waals surface area contributed by atoms with E-state index >= 15 is 0 Å². The largest absolute Gasteiger partial charge is 0.401 e. The number of carbonyl (C=O) groups is 1. The number of aromatic nitrogens is 1. The molecular weight excluding hydrogens is 313 g/mol. The van der Waals surface area contributed by atoms with Gasteiger partial charge in [0.05, 0.1) is 18.8 Å². The highest BCUT2D eigenvalue weighted by Gasteiger charge is 2.35. The first-order valence-corrected chi connectivity index (χ1v) is 7.56. The highest BCUT2D eigenvalue weighted by Crippen LogP contribution is 2.20. The van der Waals surface area contributed by atoms with Crippen LogP contribution in [0.25, 0.3) is 0 Å². The number of nitrogens with zero attached hydrogens (tertiary/aromatic N) is 3. The van der Waals surface area contributed by atoms with Gasteiger partial charge in [0.15, 0.2) is 5.76 Å². The molecule has 0 aromatic carbocycles. The van der Waals surface area contributed by atoms with Crippen LogP contribution < -0.4 is 5.32 Å². The lowest BCUT2D eigenvalue weighted by Crippen LogP contribution is -2.57. The average Bonchev–Trinajstić information content (AvgIpc) is 2.93. The first kappa shape index (κ1) is 17.6. The number of aryl methyl sites for hydroxylation is 1. The van der Waals surface area contributed by atoms with Gasteiger partial charge in [-0.15, -0.1) is 0 Å². The predicted molar refractivity (Wildman–Crippen MR) is 76.8 cm³/mol. The molecule has 0 aliphatic carbocycles. The van der Waals surface area contributed by atoms with Gasteiger partial charge in [-0.2, -0.15) is 13.2 Å². The van der Waals surface area contributed by atoms with E-state index in [0.29, 0.717) is 5.76 Å². The maximum Gasteiger partial charge on any atom is 0.401 e. The second-order valence-electron chi connectivity index (χ2n) is 5.68. The Morgan fingerprint density at radius 2 is 2.22 bits per heavy atom. The monoisotopic (exact) mass is 334 g/mol. The average molecular weight is 334 g/mol. The molecule has 1 atom stereocenters. The molecule has 6 nitrogen and oxygen atoms in total. The molecule has 2 heterocycles. The number of halogens is 3. The fourth-order valence-corrected chi connectivity index (χ4v) is 2.53. The second kappa shape index (κ2) is 7.20. The summed E-state index contributed by atoms with van der Waals surface area (Å²) in [5.41, 5.74) is 0.809. The number of piperazine rings is 1. The molecular formula is C14H21F3N4O2. The third kappa shape index (κ3) is 5.12. The molecule has 0 unspecified atom stereocenters. The van der Waals surface area contributed by atoms with E-state index in [2.05, 4.69) is 10.5 Å². The van der Waals surface area contributed by atoms with Crippen LogP contribution in [0, 0.1) is 0 Å². The van der Waals surface area contributed by atoms with E-state index in [1.165, 1.54) is 9.80 Å². The van der Waals surface area contributed by atoms with Crippen molar-refractivity contribution in [3.05, 3.63) is 17.5 Å². The molecule has 9 heteroatoms. The highest BCUT2D eigenvalue weighted by atomic mass is 19.4. The third-order valence-corrected chi connectivity index (χ3v) is 3.82. The standard InChI is InChI=1S/C14H21F3N4O2/c1-3-11-6-12(23-19-11)7-18-13(22)20-4-5-21(10(2)8-20)9-14(15,16)17/h6,10H,3-5,7-9H2,1-2H3,(H,18,22)/t10-/m0/s1. The molecule has 1 aliphatic heterocycles. The second-order valence-corrected chi connectivity index (χ2v) is 5.68. The number of hydrogen-bond donors (Lipinski definition) is 1. The first-order valence-electron chi connectivity index (χ1n) is 7.56. The minimum absolute atomic E-state index is 0.205. The molecule has 0 spiro atoms. The molecule has 1 aliphatic rings.